The van der Waals surface area contributed by atoms with Crippen LogP contribution in [0, 0.1) is 11.2 Å². The van der Waals surface area contributed by atoms with E-state index in [9.17, 15) is 9.18 Å². The van der Waals surface area contributed by atoms with Gasteiger partial charge in [0.2, 0.25) is 12.2 Å². The lowest BCUT2D eigenvalue weighted by Crippen LogP contribution is -2.48. The fourth-order valence-corrected chi connectivity index (χ4v) is 3.58. The average molecular weight is 455 g/mol. The van der Waals surface area contributed by atoms with E-state index in [4.69, 9.17) is 19.2 Å². The number of carbonyl (C=O) groups excluding carboxylic acids is 1. The lowest BCUT2D eigenvalue weighted by Gasteiger charge is -2.35. The molecule has 1 amide bonds. The van der Waals surface area contributed by atoms with Gasteiger partial charge in [0.15, 0.2) is 5.82 Å². The van der Waals surface area contributed by atoms with Gasteiger partial charge in [-0.2, -0.15) is 0 Å². The number of H-pyrrole nitrogens is 1. The molecular formula is C24H27FN4O4. The van der Waals surface area contributed by atoms with Gasteiger partial charge in [-0.3, -0.25) is 9.78 Å². The van der Waals surface area contributed by atoms with Crippen molar-refractivity contribution in [2.45, 2.75) is 19.6 Å². The lowest BCUT2D eigenvalue weighted by atomic mass is 9.91. The van der Waals surface area contributed by atoms with E-state index in [1.807, 2.05) is 19.1 Å². The van der Waals surface area contributed by atoms with Gasteiger partial charge in [0.1, 0.15) is 5.82 Å². The summed E-state index contributed by atoms with van der Waals surface area (Å²) >= 11 is 0. The van der Waals surface area contributed by atoms with Gasteiger partial charge in [0, 0.05) is 43.8 Å². The van der Waals surface area contributed by atoms with E-state index in [2.05, 4.69) is 15.3 Å². The molecule has 4 rings (SSSR count). The van der Waals surface area contributed by atoms with Crippen LogP contribution in [0.5, 0.6) is 0 Å². The first-order valence-corrected chi connectivity index (χ1v) is 10.8. The maximum Gasteiger partial charge on any atom is 0.230 e. The van der Waals surface area contributed by atoms with Crippen LogP contribution in [0.4, 0.5) is 4.39 Å². The summed E-state index contributed by atoms with van der Waals surface area (Å²) in [5, 5.41) is 2.90. The number of nitrogens with one attached hydrogen (secondary N) is 2. The molecule has 0 atom stereocenters. The second-order valence-corrected chi connectivity index (χ2v) is 8.21. The highest BCUT2D eigenvalue weighted by Crippen LogP contribution is 2.35. The fraction of sp³-hybridized carbons (Fsp3) is 0.375. The monoisotopic (exact) mass is 454 g/mol. The Morgan fingerprint density at radius 3 is 2.55 bits per heavy atom. The number of ether oxygens (including phenoxy) is 3. The van der Waals surface area contributed by atoms with Gasteiger partial charge in [-0.05, 0) is 49.7 Å². The number of nitrogens with zero attached hydrogens (tertiary/aromatic N) is 2. The van der Waals surface area contributed by atoms with Crippen LogP contribution >= 0.6 is 0 Å². The molecule has 1 aromatic carbocycles. The standard InChI is InChI=1S/C24H27FN4O4/c1-24(23(30)27-10-3-13-31-2)14-32-22(33-15-24)21-28-19(16-4-6-18(25)7-5-16)20(29-21)17-8-11-26-12-9-17/h4-9,11-12,22H,3,10,13-15H2,1-2H3,(H,27,30)(H,28,29). The average Bonchev–Trinajstić information content (AvgIpc) is 3.28. The number of aromatic nitrogens is 3. The van der Waals surface area contributed by atoms with Crippen molar-refractivity contribution in [1.29, 1.82) is 0 Å². The highest BCUT2D eigenvalue weighted by molar-refractivity contribution is 5.82. The Morgan fingerprint density at radius 2 is 1.88 bits per heavy atom. The summed E-state index contributed by atoms with van der Waals surface area (Å²) in [4.78, 5) is 24.7. The first kappa shape index (κ1) is 23.0. The Hall–Kier alpha value is -3.14. The quantitative estimate of drug-likeness (QED) is 0.506. The number of amides is 1. The molecule has 0 aliphatic carbocycles. The zero-order chi connectivity index (χ0) is 23.3. The Labute approximate surface area is 191 Å². The van der Waals surface area contributed by atoms with Crippen LogP contribution in [-0.4, -0.2) is 54.3 Å². The predicted molar refractivity (Wildman–Crippen MR) is 119 cm³/mol. The van der Waals surface area contributed by atoms with Gasteiger partial charge in [-0.1, -0.05) is 0 Å². The summed E-state index contributed by atoms with van der Waals surface area (Å²) in [7, 11) is 1.63. The van der Waals surface area contributed by atoms with Crippen molar-refractivity contribution in [3.8, 4) is 22.5 Å². The van der Waals surface area contributed by atoms with Crippen LogP contribution in [-0.2, 0) is 19.0 Å². The molecule has 174 valence electrons. The van der Waals surface area contributed by atoms with Crippen molar-refractivity contribution < 1.29 is 23.4 Å². The maximum atomic E-state index is 13.5. The normalized spacial score (nSPS) is 20.5. The fourth-order valence-electron chi connectivity index (χ4n) is 3.58. The summed E-state index contributed by atoms with van der Waals surface area (Å²) in [5.74, 6) is 0.0309. The third-order valence-corrected chi connectivity index (χ3v) is 5.50. The zero-order valence-corrected chi connectivity index (χ0v) is 18.6. The van der Waals surface area contributed by atoms with Crippen LogP contribution in [0.2, 0.25) is 0 Å². The molecule has 1 aliphatic rings. The van der Waals surface area contributed by atoms with E-state index in [-0.39, 0.29) is 24.9 Å². The highest BCUT2D eigenvalue weighted by Gasteiger charge is 2.40. The predicted octanol–water partition coefficient (Wildman–Crippen LogP) is 3.48. The second-order valence-electron chi connectivity index (χ2n) is 8.21. The van der Waals surface area contributed by atoms with E-state index in [1.165, 1.54) is 12.1 Å². The molecule has 0 saturated carbocycles. The van der Waals surface area contributed by atoms with Crippen LogP contribution in [0.25, 0.3) is 22.5 Å². The molecule has 8 nitrogen and oxygen atoms in total. The maximum absolute atomic E-state index is 13.5. The molecule has 9 heteroatoms. The van der Waals surface area contributed by atoms with Gasteiger partial charge in [0.05, 0.1) is 30.0 Å². The molecule has 0 spiro atoms. The van der Waals surface area contributed by atoms with E-state index in [0.717, 1.165) is 23.2 Å². The lowest BCUT2D eigenvalue weighted by molar-refractivity contribution is -0.231. The molecule has 0 radical (unpaired) electrons. The van der Waals surface area contributed by atoms with E-state index >= 15 is 0 Å². The molecular weight excluding hydrogens is 427 g/mol. The molecule has 2 N–H and O–H groups in total. The van der Waals surface area contributed by atoms with Crippen molar-refractivity contribution in [3.63, 3.8) is 0 Å². The molecule has 1 saturated heterocycles. The number of hydrogen-bond acceptors (Lipinski definition) is 6. The molecule has 0 bridgehead atoms. The van der Waals surface area contributed by atoms with E-state index in [1.54, 1.807) is 31.6 Å². The van der Waals surface area contributed by atoms with Gasteiger partial charge in [-0.25, -0.2) is 9.37 Å². The molecule has 1 aliphatic heterocycles. The van der Waals surface area contributed by atoms with Gasteiger partial charge in [0.25, 0.3) is 0 Å². The summed E-state index contributed by atoms with van der Waals surface area (Å²) < 4.78 is 30.3. The second kappa shape index (κ2) is 10.2. The summed E-state index contributed by atoms with van der Waals surface area (Å²) in [6, 6.07) is 9.85. The van der Waals surface area contributed by atoms with Crippen molar-refractivity contribution >= 4 is 5.91 Å². The number of halogens is 1. The molecule has 3 aromatic rings. The third kappa shape index (κ3) is 5.27. The first-order chi connectivity index (χ1) is 16.0. The number of rotatable bonds is 8. The zero-order valence-electron chi connectivity index (χ0n) is 18.6. The van der Waals surface area contributed by atoms with Gasteiger partial charge in [-0.15, -0.1) is 0 Å². The number of benzene rings is 1. The Balaban J connectivity index is 1.52. The summed E-state index contributed by atoms with van der Waals surface area (Å²) in [5.41, 5.74) is 2.22. The van der Waals surface area contributed by atoms with E-state index < -0.39 is 11.7 Å². The van der Waals surface area contributed by atoms with Crippen LogP contribution in [0.1, 0.15) is 25.5 Å². The molecule has 1 fully saturated rings. The minimum absolute atomic E-state index is 0.124. The number of methoxy groups -OCH3 is 1. The van der Waals surface area contributed by atoms with Crippen molar-refractivity contribution in [2.75, 3.05) is 33.5 Å². The smallest absolute Gasteiger partial charge is 0.230 e. The SMILES string of the molecule is COCCCNC(=O)C1(C)COC(c2nc(-c3ccc(F)cc3)c(-c3ccncc3)[nH]2)OC1. The van der Waals surface area contributed by atoms with Gasteiger partial charge >= 0.3 is 0 Å². The Morgan fingerprint density at radius 1 is 1.18 bits per heavy atom. The van der Waals surface area contributed by atoms with Crippen LogP contribution in [0.15, 0.2) is 48.8 Å². The van der Waals surface area contributed by atoms with Gasteiger partial charge < -0.3 is 24.5 Å². The Kier molecular flexibility index (Phi) is 7.12. The number of aromatic amines is 1. The summed E-state index contributed by atoms with van der Waals surface area (Å²) in [6.07, 6.45) is 3.36. The van der Waals surface area contributed by atoms with E-state index in [0.29, 0.717) is 24.7 Å². The minimum Gasteiger partial charge on any atom is -0.385 e. The van der Waals surface area contributed by atoms with Crippen molar-refractivity contribution in [1.82, 2.24) is 20.3 Å². The van der Waals surface area contributed by atoms with Crippen LogP contribution < -0.4 is 5.32 Å². The largest absolute Gasteiger partial charge is 0.385 e. The molecule has 0 unspecified atom stereocenters. The number of imidazole rings is 1. The molecule has 33 heavy (non-hydrogen) atoms. The summed E-state index contributed by atoms with van der Waals surface area (Å²) in [6.45, 7) is 3.29. The number of carbonyl (C=O) groups is 1. The van der Waals surface area contributed by atoms with Crippen LogP contribution in [0.3, 0.4) is 0 Å². The number of pyridine rings is 1. The molecule has 2 aromatic heterocycles. The minimum atomic E-state index is -0.802. The third-order valence-electron chi connectivity index (χ3n) is 5.50. The van der Waals surface area contributed by atoms with Crippen molar-refractivity contribution in [3.05, 3.63) is 60.4 Å². The molecule has 3 heterocycles. The Bertz CT molecular complexity index is 1060. The topological polar surface area (TPSA) is 98.4 Å². The first-order valence-electron chi connectivity index (χ1n) is 10.8. The van der Waals surface area contributed by atoms with Crippen molar-refractivity contribution in [2.24, 2.45) is 5.41 Å². The number of hydrogen-bond donors (Lipinski definition) is 2. The highest BCUT2D eigenvalue weighted by atomic mass is 19.1.